The molecule has 26 heavy (non-hydrogen) atoms. The van der Waals surface area contributed by atoms with E-state index in [1.54, 1.807) is 20.8 Å². The highest BCUT2D eigenvalue weighted by Crippen LogP contribution is 2.34. The smallest absolute Gasteiger partial charge is 0.335 e. The van der Waals surface area contributed by atoms with E-state index in [9.17, 15) is 23.5 Å². The zero-order chi connectivity index (χ0) is 19.5. The summed E-state index contributed by atoms with van der Waals surface area (Å²) in [6.45, 7) is 4.95. The SMILES string of the molecule is CC(C)(C)OC(=O)CN(c1cc(C(=O)O)ccc1OCC1CC1)S(=O)O. The molecule has 1 aromatic carbocycles. The van der Waals surface area contributed by atoms with Crippen molar-refractivity contribution >= 4 is 28.9 Å². The highest BCUT2D eigenvalue weighted by Gasteiger charge is 2.27. The Morgan fingerprint density at radius 3 is 2.46 bits per heavy atom. The summed E-state index contributed by atoms with van der Waals surface area (Å²) in [4.78, 5) is 23.3. The van der Waals surface area contributed by atoms with Crippen LogP contribution in [0.3, 0.4) is 0 Å². The number of rotatable bonds is 8. The largest absolute Gasteiger partial charge is 0.491 e. The lowest BCUT2D eigenvalue weighted by Crippen LogP contribution is -2.36. The number of benzene rings is 1. The monoisotopic (exact) mass is 385 g/mol. The molecular formula is C17H23NO7S. The molecule has 0 spiro atoms. The number of hydrogen-bond donors (Lipinski definition) is 2. The fourth-order valence-corrected chi connectivity index (χ4v) is 2.70. The molecule has 1 saturated carbocycles. The Bertz CT molecular complexity index is 710. The van der Waals surface area contributed by atoms with Crippen LogP contribution in [0.2, 0.25) is 0 Å². The van der Waals surface area contributed by atoms with Crippen molar-refractivity contribution in [2.75, 3.05) is 17.5 Å². The van der Waals surface area contributed by atoms with Gasteiger partial charge in [0.2, 0.25) is 0 Å². The van der Waals surface area contributed by atoms with Crippen LogP contribution < -0.4 is 9.04 Å². The highest BCUT2D eigenvalue weighted by atomic mass is 32.2. The van der Waals surface area contributed by atoms with Gasteiger partial charge < -0.3 is 14.6 Å². The minimum atomic E-state index is -2.57. The van der Waals surface area contributed by atoms with Crippen LogP contribution >= 0.6 is 0 Å². The van der Waals surface area contributed by atoms with Crippen LogP contribution in [0.1, 0.15) is 44.0 Å². The lowest BCUT2D eigenvalue weighted by atomic mass is 10.2. The predicted octanol–water partition coefficient (Wildman–Crippen LogP) is 2.46. The van der Waals surface area contributed by atoms with Crippen molar-refractivity contribution in [3.05, 3.63) is 23.8 Å². The molecule has 0 heterocycles. The number of esters is 1. The number of anilines is 1. The maximum atomic E-state index is 12.1. The zero-order valence-corrected chi connectivity index (χ0v) is 15.7. The fraction of sp³-hybridized carbons (Fsp3) is 0.529. The van der Waals surface area contributed by atoms with Crippen LogP contribution in [0.4, 0.5) is 5.69 Å². The first kappa shape index (κ1) is 20.2. The summed E-state index contributed by atoms with van der Waals surface area (Å²) in [5.41, 5.74) is -0.788. The molecule has 0 radical (unpaired) electrons. The molecule has 8 nitrogen and oxygen atoms in total. The van der Waals surface area contributed by atoms with Gasteiger partial charge in [-0.1, -0.05) is 0 Å². The van der Waals surface area contributed by atoms with Gasteiger partial charge in [-0.3, -0.25) is 13.7 Å². The number of aromatic carboxylic acids is 1. The molecule has 2 rings (SSSR count). The second kappa shape index (κ2) is 8.05. The van der Waals surface area contributed by atoms with Crippen LogP contribution in [-0.2, 0) is 20.8 Å². The number of ether oxygens (including phenoxy) is 2. The molecule has 1 aliphatic rings. The molecule has 0 amide bonds. The molecule has 0 aromatic heterocycles. The second-order valence-electron chi connectivity index (χ2n) is 7.10. The average molecular weight is 385 g/mol. The van der Waals surface area contributed by atoms with Crippen LogP contribution in [0.15, 0.2) is 18.2 Å². The van der Waals surface area contributed by atoms with E-state index in [0.717, 1.165) is 17.1 Å². The first-order valence-corrected chi connectivity index (χ1v) is 9.23. The van der Waals surface area contributed by atoms with Gasteiger partial charge in [0.15, 0.2) is 0 Å². The van der Waals surface area contributed by atoms with Crippen molar-refractivity contribution in [1.82, 2.24) is 0 Å². The molecule has 1 aliphatic carbocycles. The molecule has 1 fully saturated rings. The normalized spacial score (nSPS) is 15.2. The van der Waals surface area contributed by atoms with E-state index in [1.807, 2.05) is 0 Å². The van der Waals surface area contributed by atoms with Crippen molar-refractivity contribution in [3.63, 3.8) is 0 Å². The number of hydrogen-bond acceptors (Lipinski definition) is 5. The Labute approximate surface area is 154 Å². The number of carboxylic acids is 1. The summed E-state index contributed by atoms with van der Waals surface area (Å²) >= 11 is -2.57. The van der Waals surface area contributed by atoms with Gasteiger partial charge in [0.1, 0.15) is 17.9 Å². The van der Waals surface area contributed by atoms with Gasteiger partial charge in [0, 0.05) is 0 Å². The maximum absolute atomic E-state index is 12.1. The quantitative estimate of drug-likeness (QED) is 0.522. The van der Waals surface area contributed by atoms with E-state index in [1.165, 1.54) is 18.2 Å². The third-order valence-corrected chi connectivity index (χ3v) is 4.23. The number of nitrogens with zero attached hydrogens (tertiary/aromatic N) is 1. The first-order valence-electron chi connectivity index (χ1n) is 8.17. The number of carbonyl (C=O) groups is 2. The molecule has 1 unspecified atom stereocenters. The minimum Gasteiger partial charge on any atom is -0.491 e. The molecule has 1 atom stereocenters. The van der Waals surface area contributed by atoms with E-state index in [0.29, 0.717) is 12.5 Å². The van der Waals surface area contributed by atoms with Crippen LogP contribution in [0, 0.1) is 5.92 Å². The topological polar surface area (TPSA) is 113 Å². The summed E-state index contributed by atoms with van der Waals surface area (Å²) in [5.74, 6) is -1.23. The van der Waals surface area contributed by atoms with Gasteiger partial charge in [-0.2, -0.15) is 0 Å². The van der Waals surface area contributed by atoms with Gasteiger partial charge >= 0.3 is 11.9 Å². The van der Waals surface area contributed by atoms with Crippen molar-refractivity contribution in [2.24, 2.45) is 5.92 Å². The summed E-state index contributed by atoms with van der Waals surface area (Å²) in [7, 11) is 0. The Balaban J connectivity index is 2.30. The molecule has 9 heteroatoms. The second-order valence-corrected chi connectivity index (χ2v) is 8.00. The highest BCUT2D eigenvalue weighted by molar-refractivity contribution is 7.80. The van der Waals surface area contributed by atoms with Gasteiger partial charge in [-0.05, 0) is 57.7 Å². The third-order valence-electron chi connectivity index (χ3n) is 3.53. The van der Waals surface area contributed by atoms with Crippen molar-refractivity contribution in [3.8, 4) is 5.75 Å². The molecule has 0 aliphatic heterocycles. The Morgan fingerprint density at radius 2 is 1.96 bits per heavy atom. The standard InChI is InChI=1S/C17H23NO7S/c1-17(2,3)25-15(19)9-18(26(22)23)13-8-12(16(20)21)6-7-14(13)24-10-11-4-5-11/h6-8,11H,4-5,9-10H2,1-3H3,(H,20,21)(H,22,23). The lowest BCUT2D eigenvalue weighted by Gasteiger charge is -2.25. The summed E-state index contributed by atoms with van der Waals surface area (Å²) in [6, 6.07) is 3.99. The maximum Gasteiger partial charge on any atom is 0.335 e. The van der Waals surface area contributed by atoms with Crippen molar-refractivity contribution < 1.29 is 32.9 Å². The van der Waals surface area contributed by atoms with E-state index >= 15 is 0 Å². The molecule has 144 valence electrons. The lowest BCUT2D eigenvalue weighted by molar-refractivity contribution is -0.152. The molecule has 1 aromatic rings. The Kier molecular flexibility index (Phi) is 6.25. The van der Waals surface area contributed by atoms with Gasteiger partial charge in [0.05, 0.1) is 17.9 Å². The average Bonchev–Trinajstić information content (AvgIpc) is 3.32. The molecule has 0 saturated heterocycles. The fourth-order valence-electron chi connectivity index (χ4n) is 2.18. The van der Waals surface area contributed by atoms with Crippen LogP contribution in [0.25, 0.3) is 0 Å². The Hall–Kier alpha value is -2.13. The van der Waals surface area contributed by atoms with E-state index in [-0.39, 0.29) is 17.0 Å². The van der Waals surface area contributed by atoms with Crippen LogP contribution in [0.5, 0.6) is 5.75 Å². The summed E-state index contributed by atoms with van der Waals surface area (Å²) in [5, 5.41) is 9.19. The van der Waals surface area contributed by atoms with Crippen molar-refractivity contribution in [2.45, 2.75) is 39.2 Å². The van der Waals surface area contributed by atoms with Gasteiger partial charge in [-0.15, -0.1) is 0 Å². The van der Waals surface area contributed by atoms with Crippen LogP contribution in [-0.4, -0.2) is 44.6 Å². The number of carboxylic acid groups (broad SMARTS) is 1. The number of carbonyl (C=O) groups excluding carboxylic acids is 1. The predicted molar refractivity (Wildman–Crippen MR) is 95.6 cm³/mol. The minimum absolute atomic E-state index is 0.0530. The summed E-state index contributed by atoms with van der Waals surface area (Å²) < 4.78 is 33.2. The zero-order valence-electron chi connectivity index (χ0n) is 14.9. The van der Waals surface area contributed by atoms with Gasteiger partial charge in [0.25, 0.3) is 11.3 Å². The molecule has 2 N–H and O–H groups in total. The first-order chi connectivity index (χ1) is 12.1. The van der Waals surface area contributed by atoms with E-state index in [2.05, 4.69) is 0 Å². The third kappa shape index (κ3) is 5.99. The van der Waals surface area contributed by atoms with Gasteiger partial charge in [-0.25, -0.2) is 9.00 Å². The Morgan fingerprint density at radius 1 is 1.31 bits per heavy atom. The van der Waals surface area contributed by atoms with Crippen molar-refractivity contribution in [1.29, 1.82) is 0 Å². The molecular weight excluding hydrogens is 362 g/mol. The molecule has 0 bridgehead atoms. The van der Waals surface area contributed by atoms with E-state index < -0.39 is 35.4 Å². The summed E-state index contributed by atoms with van der Waals surface area (Å²) in [6.07, 6.45) is 2.10. The van der Waals surface area contributed by atoms with E-state index in [4.69, 9.17) is 9.47 Å².